The predicted molar refractivity (Wildman–Crippen MR) is 80.2 cm³/mol. The molecule has 2 N–H and O–H groups in total. The number of carbonyl (C=O) groups excluding carboxylic acids is 1. The number of unbranched alkanes of at least 4 members (excludes halogenated alkanes) is 6. The van der Waals surface area contributed by atoms with Crippen molar-refractivity contribution in [3.63, 3.8) is 0 Å². The molecule has 0 saturated carbocycles. The van der Waals surface area contributed by atoms with Crippen LogP contribution in [0.15, 0.2) is 0 Å². The molecule has 0 aromatic heterocycles. The van der Waals surface area contributed by atoms with Crippen LogP contribution in [0.4, 0.5) is 0 Å². The van der Waals surface area contributed by atoms with Crippen molar-refractivity contribution in [1.29, 1.82) is 0 Å². The molecular weight excluding hydrogens is 266 g/mol. The third-order valence-corrected chi connectivity index (χ3v) is 2.97. The van der Waals surface area contributed by atoms with E-state index in [0.29, 0.717) is 6.42 Å². The van der Waals surface area contributed by atoms with E-state index in [9.17, 15) is 14.7 Å². The van der Waals surface area contributed by atoms with Gasteiger partial charge in [-0.05, 0) is 13.3 Å². The van der Waals surface area contributed by atoms with Gasteiger partial charge in [-0.1, -0.05) is 45.4 Å². The third-order valence-electron chi connectivity index (χ3n) is 2.97. The first kappa shape index (κ1) is 25.1. The van der Waals surface area contributed by atoms with E-state index in [1.165, 1.54) is 19.3 Å². The zero-order valence-corrected chi connectivity index (χ0v) is 10.9. The summed E-state index contributed by atoms with van der Waals surface area (Å²) < 4.78 is 0. The summed E-state index contributed by atoms with van der Waals surface area (Å²) in [5.74, 6) is -2.07. The molecule has 4 nitrogen and oxygen atoms in total. The van der Waals surface area contributed by atoms with E-state index in [2.05, 4.69) is 6.92 Å². The number of aliphatic hydroxyl groups is 1. The molecule has 0 radical (unpaired) electrons. The van der Waals surface area contributed by atoms with Crippen molar-refractivity contribution < 1.29 is 19.8 Å². The molecule has 0 aromatic carbocycles. The molecule has 6 heteroatoms. The van der Waals surface area contributed by atoms with Crippen LogP contribution in [0.2, 0.25) is 0 Å². The standard InChI is InChI=1S/C13H24O4.2Na.2H/c1-3-4-5-6-7-8-9-10-11(14)13(2,17)12(15)16;;;;/h17H,3-10H2,1-2H3,(H,15,16);;;;. The monoisotopic (exact) mass is 292 g/mol. The van der Waals surface area contributed by atoms with Crippen molar-refractivity contribution in [2.45, 2.75) is 70.8 Å². The van der Waals surface area contributed by atoms with E-state index >= 15 is 0 Å². The molecule has 0 amide bonds. The molecule has 0 rings (SSSR count). The molecule has 1 atom stereocenters. The van der Waals surface area contributed by atoms with Gasteiger partial charge in [0.05, 0.1) is 0 Å². The quantitative estimate of drug-likeness (QED) is 0.361. The SMILES string of the molecule is CCCCCCCCCC(=O)C(C)(O)C(=O)O.[NaH].[NaH]. The fourth-order valence-corrected chi connectivity index (χ4v) is 1.61. The van der Waals surface area contributed by atoms with Gasteiger partial charge in [-0.3, -0.25) is 4.79 Å². The van der Waals surface area contributed by atoms with E-state index in [-0.39, 0.29) is 65.5 Å². The van der Waals surface area contributed by atoms with E-state index < -0.39 is 17.4 Å². The molecule has 0 bridgehead atoms. The summed E-state index contributed by atoms with van der Waals surface area (Å²) in [6, 6.07) is 0. The molecule has 0 aliphatic carbocycles. The predicted octanol–water partition coefficient (Wildman–Crippen LogP) is 1.23. The molecule has 0 saturated heterocycles. The van der Waals surface area contributed by atoms with Crippen molar-refractivity contribution in [3.8, 4) is 0 Å². The van der Waals surface area contributed by atoms with Gasteiger partial charge in [0.1, 0.15) is 0 Å². The van der Waals surface area contributed by atoms with Gasteiger partial charge in [-0.15, -0.1) is 0 Å². The Kier molecular flexibility index (Phi) is 18.5. The minimum atomic E-state index is -2.22. The minimum absolute atomic E-state index is 0. The number of ketones is 1. The molecule has 19 heavy (non-hydrogen) atoms. The van der Waals surface area contributed by atoms with Crippen LogP contribution in [-0.2, 0) is 9.59 Å². The van der Waals surface area contributed by atoms with Gasteiger partial charge in [-0.25, -0.2) is 4.79 Å². The normalized spacial score (nSPS) is 12.8. The number of Topliss-reactive ketones (excluding diaryl/α,β-unsaturated/α-hetero) is 1. The molecule has 0 aliphatic heterocycles. The summed E-state index contributed by atoms with van der Waals surface area (Å²) in [6.45, 7) is 3.20. The summed E-state index contributed by atoms with van der Waals surface area (Å²) in [5, 5.41) is 18.0. The van der Waals surface area contributed by atoms with E-state index in [1.54, 1.807) is 0 Å². The van der Waals surface area contributed by atoms with Gasteiger partial charge in [-0.2, -0.15) is 0 Å². The third kappa shape index (κ3) is 11.4. The van der Waals surface area contributed by atoms with Crippen LogP contribution in [0.25, 0.3) is 0 Å². The number of carboxylic acid groups (broad SMARTS) is 1. The summed E-state index contributed by atoms with van der Waals surface area (Å²) in [5.41, 5.74) is -2.22. The Morgan fingerprint density at radius 1 is 0.947 bits per heavy atom. The molecular formula is C13H26Na2O4. The maximum absolute atomic E-state index is 11.4. The fraction of sp³-hybridized carbons (Fsp3) is 0.846. The van der Waals surface area contributed by atoms with Crippen LogP contribution >= 0.6 is 0 Å². The molecule has 0 fully saturated rings. The zero-order chi connectivity index (χ0) is 13.3. The van der Waals surface area contributed by atoms with Crippen LogP contribution in [0.1, 0.15) is 65.2 Å². The van der Waals surface area contributed by atoms with Gasteiger partial charge in [0.25, 0.3) is 0 Å². The maximum atomic E-state index is 11.4. The summed E-state index contributed by atoms with van der Waals surface area (Å²) >= 11 is 0. The zero-order valence-electron chi connectivity index (χ0n) is 10.9. The summed E-state index contributed by atoms with van der Waals surface area (Å²) in [7, 11) is 0. The van der Waals surface area contributed by atoms with Gasteiger partial charge in [0.2, 0.25) is 5.60 Å². The number of hydrogen-bond acceptors (Lipinski definition) is 3. The van der Waals surface area contributed by atoms with Crippen LogP contribution < -0.4 is 0 Å². The number of rotatable bonds is 10. The molecule has 0 spiro atoms. The Morgan fingerprint density at radius 3 is 1.79 bits per heavy atom. The van der Waals surface area contributed by atoms with Crippen molar-refractivity contribution >= 4 is 70.9 Å². The van der Waals surface area contributed by atoms with E-state index in [4.69, 9.17) is 5.11 Å². The fourth-order valence-electron chi connectivity index (χ4n) is 1.61. The number of hydrogen-bond donors (Lipinski definition) is 2. The summed E-state index contributed by atoms with van der Waals surface area (Å²) in [6.07, 6.45) is 7.64. The summed E-state index contributed by atoms with van der Waals surface area (Å²) in [4.78, 5) is 22.0. The van der Waals surface area contributed by atoms with Crippen molar-refractivity contribution in [2.24, 2.45) is 0 Å². The Bertz CT molecular complexity index is 255. The van der Waals surface area contributed by atoms with E-state index in [0.717, 1.165) is 26.2 Å². The Labute approximate surface area is 160 Å². The molecule has 0 aromatic rings. The first-order valence-corrected chi connectivity index (χ1v) is 6.42. The van der Waals surface area contributed by atoms with Gasteiger partial charge >= 0.3 is 65.1 Å². The van der Waals surface area contributed by atoms with Crippen LogP contribution in [0.5, 0.6) is 0 Å². The average Bonchev–Trinajstić information content (AvgIpc) is 2.27. The second-order valence-corrected chi connectivity index (χ2v) is 4.67. The second-order valence-electron chi connectivity index (χ2n) is 4.67. The second kappa shape index (κ2) is 14.1. The Balaban J connectivity index is -0.00000128. The molecule has 1 unspecified atom stereocenters. The van der Waals surface area contributed by atoms with Gasteiger partial charge < -0.3 is 10.2 Å². The molecule has 0 heterocycles. The Morgan fingerprint density at radius 2 is 1.37 bits per heavy atom. The number of carbonyl (C=O) groups is 2. The van der Waals surface area contributed by atoms with Crippen molar-refractivity contribution in [1.82, 2.24) is 0 Å². The van der Waals surface area contributed by atoms with E-state index in [1.807, 2.05) is 0 Å². The van der Waals surface area contributed by atoms with Gasteiger partial charge in [0.15, 0.2) is 5.78 Å². The Hall–Kier alpha value is 1.10. The number of carboxylic acids is 1. The first-order valence-electron chi connectivity index (χ1n) is 6.42. The van der Waals surface area contributed by atoms with Crippen LogP contribution in [0, 0.1) is 0 Å². The topological polar surface area (TPSA) is 74.6 Å². The van der Waals surface area contributed by atoms with Crippen molar-refractivity contribution in [3.05, 3.63) is 0 Å². The first-order chi connectivity index (χ1) is 7.92. The van der Waals surface area contributed by atoms with Crippen molar-refractivity contribution in [2.75, 3.05) is 0 Å². The number of aliphatic carboxylic acids is 1. The van der Waals surface area contributed by atoms with Crippen LogP contribution in [-0.4, -0.2) is 86.7 Å². The average molecular weight is 292 g/mol. The molecule has 104 valence electrons. The molecule has 0 aliphatic rings. The van der Waals surface area contributed by atoms with Crippen LogP contribution in [0.3, 0.4) is 0 Å². The van der Waals surface area contributed by atoms with Gasteiger partial charge in [0, 0.05) is 6.42 Å².